The predicted molar refractivity (Wildman–Crippen MR) is 118 cm³/mol. The molecule has 0 atom stereocenters. The normalized spacial score (nSPS) is 13.8. The minimum absolute atomic E-state index is 0.0719. The van der Waals surface area contributed by atoms with Gasteiger partial charge in [-0.2, -0.15) is 20.1 Å². The minimum Gasteiger partial charge on any atom is -0.496 e. The number of ether oxygens (including phenoxy) is 3. The first-order chi connectivity index (χ1) is 16.1. The van der Waals surface area contributed by atoms with Gasteiger partial charge >= 0.3 is 6.01 Å². The van der Waals surface area contributed by atoms with E-state index in [1.54, 1.807) is 18.2 Å². The number of nitro groups is 1. The number of rotatable bonds is 8. The third-order valence-corrected chi connectivity index (χ3v) is 4.72. The number of hydrogen-bond donors (Lipinski definition) is 1. The van der Waals surface area contributed by atoms with E-state index in [0.29, 0.717) is 55.1 Å². The Morgan fingerprint density at radius 3 is 2.70 bits per heavy atom. The molecule has 1 aliphatic heterocycles. The van der Waals surface area contributed by atoms with E-state index in [1.165, 1.54) is 32.6 Å². The van der Waals surface area contributed by atoms with Crippen LogP contribution < -0.4 is 19.8 Å². The van der Waals surface area contributed by atoms with Crippen molar-refractivity contribution in [3.63, 3.8) is 0 Å². The summed E-state index contributed by atoms with van der Waals surface area (Å²) < 4.78 is 21.6. The zero-order valence-corrected chi connectivity index (χ0v) is 17.9. The van der Waals surface area contributed by atoms with E-state index in [9.17, 15) is 10.1 Å². The monoisotopic (exact) mass is 455 g/mol. The van der Waals surface area contributed by atoms with E-state index in [1.807, 2.05) is 4.90 Å². The molecule has 1 N–H and O–H groups in total. The summed E-state index contributed by atoms with van der Waals surface area (Å²) in [5, 5.41) is 15.1. The summed E-state index contributed by atoms with van der Waals surface area (Å²) in [4.78, 5) is 25.3. The number of nitrogens with zero attached hydrogens (tertiary/aromatic N) is 6. The molecule has 0 unspecified atom stereocenters. The van der Waals surface area contributed by atoms with Gasteiger partial charge in [-0.05, 0) is 18.2 Å². The zero-order chi connectivity index (χ0) is 23.2. The fourth-order valence-electron chi connectivity index (χ4n) is 3.11. The van der Waals surface area contributed by atoms with Gasteiger partial charge in [0.2, 0.25) is 5.95 Å². The average Bonchev–Trinajstić information content (AvgIpc) is 3.32. The first kappa shape index (κ1) is 22.0. The second-order valence-electron chi connectivity index (χ2n) is 6.76. The number of non-ortho nitro benzene ring substituents is 1. The molecule has 13 nitrogen and oxygen atoms in total. The molecule has 0 spiro atoms. The molecule has 0 saturated carbocycles. The first-order valence-electron chi connectivity index (χ1n) is 9.92. The van der Waals surface area contributed by atoms with E-state index in [0.717, 1.165) is 0 Å². The third kappa shape index (κ3) is 5.15. The van der Waals surface area contributed by atoms with E-state index < -0.39 is 4.92 Å². The Morgan fingerprint density at radius 2 is 1.97 bits per heavy atom. The molecule has 0 bridgehead atoms. The number of hydrazone groups is 1. The molecular weight excluding hydrogens is 434 g/mol. The predicted octanol–water partition coefficient (Wildman–Crippen LogP) is 2.34. The van der Waals surface area contributed by atoms with Gasteiger partial charge in [0.1, 0.15) is 17.3 Å². The number of furan rings is 1. The second-order valence-corrected chi connectivity index (χ2v) is 6.76. The largest absolute Gasteiger partial charge is 0.496 e. The van der Waals surface area contributed by atoms with Crippen molar-refractivity contribution < 1.29 is 23.6 Å². The van der Waals surface area contributed by atoms with Gasteiger partial charge in [0.15, 0.2) is 0 Å². The van der Waals surface area contributed by atoms with Crippen LogP contribution in [0.4, 0.5) is 17.6 Å². The quantitative estimate of drug-likeness (QED) is 0.303. The summed E-state index contributed by atoms with van der Waals surface area (Å²) in [6.07, 6.45) is 1.45. The molecule has 172 valence electrons. The van der Waals surface area contributed by atoms with Gasteiger partial charge in [-0.3, -0.25) is 10.1 Å². The molecule has 0 radical (unpaired) electrons. The van der Waals surface area contributed by atoms with E-state index in [2.05, 4.69) is 25.5 Å². The Kier molecular flexibility index (Phi) is 6.59. The SMILES string of the molecule is COc1nc(N/N=C/c2ccc(-c3ccc([N+](=O)[O-])cc3OC)o2)nc(N2CCOCC2)n1. The number of hydrogen-bond acceptors (Lipinski definition) is 12. The first-order valence-corrected chi connectivity index (χ1v) is 9.92. The Balaban J connectivity index is 1.48. The lowest BCUT2D eigenvalue weighted by Gasteiger charge is -2.26. The van der Waals surface area contributed by atoms with Gasteiger partial charge in [0.05, 0.1) is 50.2 Å². The topological polar surface area (TPSA) is 150 Å². The highest BCUT2D eigenvalue weighted by molar-refractivity contribution is 5.79. The van der Waals surface area contributed by atoms with Crippen LogP contribution >= 0.6 is 0 Å². The van der Waals surface area contributed by atoms with Crippen molar-refractivity contribution in [1.82, 2.24) is 15.0 Å². The summed E-state index contributed by atoms with van der Waals surface area (Å²) in [6.45, 7) is 2.51. The fourth-order valence-corrected chi connectivity index (χ4v) is 3.11. The van der Waals surface area contributed by atoms with E-state index in [-0.39, 0.29) is 17.6 Å². The van der Waals surface area contributed by atoms with Gasteiger partial charge in [-0.25, -0.2) is 5.43 Å². The molecule has 1 saturated heterocycles. The van der Waals surface area contributed by atoms with Crippen molar-refractivity contribution in [2.45, 2.75) is 0 Å². The molecule has 3 heterocycles. The van der Waals surface area contributed by atoms with Gasteiger partial charge in [-0.15, -0.1) is 0 Å². The lowest BCUT2D eigenvalue weighted by atomic mass is 10.1. The third-order valence-electron chi connectivity index (χ3n) is 4.72. The summed E-state index contributed by atoms with van der Waals surface area (Å²) >= 11 is 0. The molecule has 2 aromatic heterocycles. The maximum atomic E-state index is 11.0. The van der Waals surface area contributed by atoms with Crippen LogP contribution in [-0.4, -0.2) is 66.6 Å². The lowest BCUT2D eigenvalue weighted by molar-refractivity contribution is -0.384. The maximum Gasteiger partial charge on any atom is 0.322 e. The molecule has 3 aromatic rings. The number of nitro benzene ring substituents is 1. The van der Waals surface area contributed by atoms with Crippen molar-refractivity contribution in [1.29, 1.82) is 0 Å². The van der Waals surface area contributed by atoms with Crippen LogP contribution in [-0.2, 0) is 4.74 Å². The number of methoxy groups -OCH3 is 2. The number of anilines is 2. The van der Waals surface area contributed by atoms with Crippen LogP contribution in [0, 0.1) is 10.1 Å². The molecule has 33 heavy (non-hydrogen) atoms. The summed E-state index contributed by atoms with van der Waals surface area (Å²) in [7, 11) is 2.91. The van der Waals surface area contributed by atoms with Crippen LogP contribution in [0.1, 0.15) is 5.76 Å². The highest BCUT2D eigenvalue weighted by Gasteiger charge is 2.17. The molecule has 0 amide bonds. The lowest BCUT2D eigenvalue weighted by Crippen LogP contribution is -2.37. The molecule has 0 aliphatic carbocycles. The second kappa shape index (κ2) is 9.91. The van der Waals surface area contributed by atoms with Crippen LogP contribution in [0.15, 0.2) is 39.9 Å². The van der Waals surface area contributed by atoms with Crippen LogP contribution in [0.3, 0.4) is 0 Å². The van der Waals surface area contributed by atoms with E-state index in [4.69, 9.17) is 18.6 Å². The Labute approximate surface area is 188 Å². The summed E-state index contributed by atoms with van der Waals surface area (Å²) in [5.74, 6) is 1.91. The number of morpholine rings is 1. The maximum absolute atomic E-state index is 11.0. The Hall–Kier alpha value is -4.26. The molecular formula is C20H21N7O6. The zero-order valence-electron chi connectivity index (χ0n) is 17.9. The van der Waals surface area contributed by atoms with Crippen molar-refractivity contribution in [3.05, 3.63) is 46.2 Å². The van der Waals surface area contributed by atoms with Crippen molar-refractivity contribution in [2.75, 3.05) is 50.8 Å². The number of benzene rings is 1. The van der Waals surface area contributed by atoms with Crippen LogP contribution in [0.2, 0.25) is 0 Å². The standard InChI is InChI=1S/C20H21N7O6/c1-30-17-11-13(27(28)29)3-5-15(17)16-6-4-14(33-16)12-21-25-18-22-19(24-20(23-18)31-2)26-7-9-32-10-8-26/h3-6,11-12H,7-10H2,1-2H3,(H,22,23,24,25)/b21-12+. The number of nitrogens with one attached hydrogen (secondary N) is 1. The van der Waals surface area contributed by atoms with Crippen LogP contribution in [0.25, 0.3) is 11.3 Å². The average molecular weight is 455 g/mol. The molecule has 1 fully saturated rings. The Morgan fingerprint density at radius 1 is 1.15 bits per heavy atom. The van der Waals surface area contributed by atoms with Gasteiger partial charge in [0.25, 0.3) is 11.6 Å². The molecule has 13 heteroatoms. The van der Waals surface area contributed by atoms with E-state index >= 15 is 0 Å². The van der Waals surface area contributed by atoms with Crippen molar-refractivity contribution in [3.8, 4) is 23.1 Å². The summed E-state index contributed by atoms with van der Waals surface area (Å²) in [5.41, 5.74) is 3.25. The molecule has 4 rings (SSSR count). The van der Waals surface area contributed by atoms with Gasteiger partial charge < -0.3 is 23.5 Å². The van der Waals surface area contributed by atoms with Crippen molar-refractivity contribution in [2.24, 2.45) is 5.10 Å². The fraction of sp³-hybridized carbons (Fsp3) is 0.300. The minimum atomic E-state index is -0.487. The molecule has 1 aromatic carbocycles. The number of aromatic nitrogens is 3. The highest BCUT2D eigenvalue weighted by Crippen LogP contribution is 2.34. The molecule has 1 aliphatic rings. The summed E-state index contributed by atoms with van der Waals surface area (Å²) in [6, 6.07) is 7.87. The highest BCUT2D eigenvalue weighted by atomic mass is 16.6. The van der Waals surface area contributed by atoms with Crippen LogP contribution in [0.5, 0.6) is 11.8 Å². The Bertz CT molecular complexity index is 1160. The smallest absolute Gasteiger partial charge is 0.322 e. The van der Waals surface area contributed by atoms with Crippen molar-refractivity contribution >= 4 is 23.8 Å². The van der Waals surface area contributed by atoms with Gasteiger partial charge in [0, 0.05) is 19.2 Å². The van der Waals surface area contributed by atoms with Gasteiger partial charge in [-0.1, -0.05) is 0 Å².